The molecule has 4 aromatic rings. The van der Waals surface area contributed by atoms with Crippen molar-refractivity contribution in [1.29, 1.82) is 0 Å². The largest absolute Gasteiger partial charge is 0.457 e. The number of hydrogen-bond donors (Lipinski definition) is 1. The maximum Gasteiger partial charge on any atom is 0.416 e. The SMILES string of the molecule is CCCN(CC(=O)N1CCn2cccc2[C@@H]1c1cccc(Oc2ccccc2)c1)C(=O)Nc1ccc(C(F)(F)F)cc1. The molecule has 1 atom stereocenters. The van der Waals surface area contributed by atoms with Crippen LogP contribution in [-0.4, -0.2) is 45.9 Å². The van der Waals surface area contributed by atoms with Crippen molar-refractivity contribution in [3.63, 3.8) is 0 Å². The molecule has 1 N–H and O–H groups in total. The molecule has 7 nitrogen and oxygen atoms in total. The summed E-state index contributed by atoms with van der Waals surface area (Å²) in [6.07, 6.45) is -1.89. The quantitative estimate of drug-likeness (QED) is 0.242. The highest BCUT2D eigenvalue weighted by Gasteiger charge is 2.34. The molecular weight excluding hydrogens is 545 g/mol. The van der Waals surface area contributed by atoms with Crippen molar-refractivity contribution in [1.82, 2.24) is 14.4 Å². The summed E-state index contributed by atoms with van der Waals surface area (Å²) >= 11 is 0. The third kappa shape index (κ3) is 6.59. The predicted molar refractivity (Wildman–Crippen MR) is 153 cm³/mol. The van der Waals surface area contributed by atoms with E-state index in [1.165, 1.54) is 17.0 Å². The van der Waals surface area contributed by atoms with Crippen molar-refractivity contribution < 1.29 is 27.5 Å². The van der Waals surface area contributed by atoms with E-state index in [4.69, 9.17) is 4.74 Å². The second-order valence-electron chi connectivity index (χ2n) is 10.0. The highest BCUT2D eigenvalue weighted by molar-refractivity contribution is 5.92. The number of rotatable bonds is 8. The number of hydrogen-bond acceptors (Lipinski definition) is 3. The number of urea groups is 1. The molecule has 10 heteroatoms. The third-order valence-corrected chi connectivity index (χ3v) is 7.08. The van der Waals surface area contributed by atoms with E-state index in [1.807, 2.05) is 79.9 Å². The lowest BCUT2D eigenvalue weighted by atomic mass is 9.99. The molecule has 2 heterocycles. The van der Waals surface area contributed by atoms with Crippen LogP contribution in [0.2, 0.25) is 0 Å². The zero-order chi connectivity index (χ0) is 29.7. The summed E-state index contributed by atoms with van der Waals surface area (Å²) in [7, 11) is 0. The van der Waals surface area contributed by atoms with Crippen LogP contribution in [0, 0.1) is 0 Å². The summed E-state index contributed by atoms with van der Waals surface area (Å²) in [5.74, 6) is 1.10. The van der Waals surface area contributed by atoms with E-state index >= 15 is 0 Å². The zero-order valence-electron chi connectivity index (χ0n) is 23.1. The van der Waals surface area contributed by atoms with Gasteiger partial charge in [-0.15, -0.1) is 0 Å². The summed E-state index contributed by atoms with van der Waals surface area (Å²) in [4.78, 5) is 30.1. The Balaban J connectivity index is 1.35. The van der Waals surface area contributed by atoms with E-state index in [9.17, 15) is 22.8 Å². The highest BCUT2D eigenvalue weighted by Crippen LogP contribution is 2.35. The Hall–Kier alpha value is -4.73. The molecule has 3 amide bonds. The van der Waals surface area contributed by atoms with E-state index in [2.05, 4.69) is 9.88 Å². The molecule has 1 aliphatic heterocycles. The minimum atomic E-state index is -4.47. The first-order valence-electron chi connectivity index (χ1n) is 13.7. The monoisotopic (exact) mass is 576 g/mol. The molecule has 0 saturated carbocycles. The predicted octanol–water partition coefficient (Wildman–Crippen LogP) is 7.17. The van der Waals surface area contributed by atoms with Crippen LogP contribution in [0.4, 0.5) is 23.7 Å². The zero-order valence-corrected chi connectivity index (χ0v) is 23.1. The standard InChI is InChI=1S/C32H31F3N4O3/c1-2-17-38(31(41)36-25-15-13-24(14-16-25)32(33,34)35)22-29(40)39-20-19-37-18-7-12-28(37)30(39)23-8-6-11-27(21-23)42-26-9-4-3-5-10-26/h3-16,18,21,30H,2,17,19-20,22H2,1H3,(H,36,41)/t30-/m0/s1. The number of alkyl halides is 3. The van der Waals surface area contributed by atoms with Crippen LogP contribution >= 0.6 is 0 Å². The van der Waals surface area contributed by atoms with Crippen LogP contribution in [0.15, 0.2) is 97.2 Å². The Morgan fingerprint density at radius 1 is 0.929 bits per heavy atom. The van der Waals surface area contributed by atoms with E-state index in [1.54, 1.807) is 4.90 Å². The van der Waals surface area contributed by atoms with Gasteiger partial charge in [0, 0.05) is 37.2 Å². The van der Waals surface area contributed by atoms with E-state index in [0.29, 0.717) is 37.6 Å². The van der Waals surface area contributed by atoms with Gasteiger partial charge in [-0.05, 0) is 72.6 Å². The molecule has 218 valence electrons. The molecule has 1 aliphatic rings. The molecule has 0 aliphatic carbocycles. The van der Waals surface area contributed by atoms with Crippen molar-refractivity contribution in [3.8, 4) is 11.5 Å². The van der Waals surface area contributed by atoms with Crippen molar-refractivity contribution in [2.75, 3.05) is 25.0 Å². The minimum absolute atomic E-state index is 0.183. The number of para-hydroxylation sites is 1. The first kappa shape index (κ1) is 28.8. The molecule has 0 saturated heterocycles. The smallest absolute Gasteiger partial charge is 0.416 e. The number of ether oxygens (including phenoxy) is 1. The lowest BCUT2D eigenvalue weighted by Gasteiger charge is -2.38. The highest BCUT2D eigenvalue weighted by atomic mass is 19.4. The lowest BCUT2D eigenvalue weighted by molar-refractivity contribution is -0.137. The molecule has 3 aromatic carbocycles. The number of carbonyl (C=O) groups is 2. The van der Waals surface area contributed by atoms with Gasteiger partial charge in [0.2, 0.25) is 5.91 Å². The molecule has 0 spiro atoms. The van der Waals surface area contributed by atoms with Gasteiger partial charge in [-0.2, -0.15) is 13.2 Å². The van der Waals surface area contributed by atoms with E-state index in [-0.39, 0.29) is 18.1 Å². The summed E-state index contributed by atoms with van der Waals surface area (Å²) < 4.78 is 47.0. The van der Waals surface area contributed by atoms with Gasteiger partial charge < -0.3 is 24.4 Å². The fourth-order valence-corrected chi connectivity index (χ4v) is 5.10. The first-order valence-corrected chi connectivity index (χ1v) is 13.7. The number of aromatic nitrogens is 1. The average Bonchev–Trinajstić information content (AvgIpc) is 3.46. The molecule has 0 radical (unpaired) electrons. The molecule has 1 aromatic heterocycles. The second-order valence-corrected chi connectivity index (χ2v) is 10.0. The lowest BCUT2D eigenvalue weighted by Crippen LogP contribution is -2.48. The maximum atomic E-state index is 13.8. The number of carbonyl (C=O) groups excluding carboxylic acids is 2. The number of nitrogens with one attached hydrogen (secondary N) is 1. The van der Waals surface area contributed by atoms with Crippen LogP contribution in [-0.2, 0) is 17.5 Å². The Morgan fingerprint density at radius 3 is 2.38 bits per heavy atom. The summed E-state index contributed by atoms with van der Waals surface area (Å²) in [5.41, 5.74) is 1.22. The van der Waals surface area contributed by atoms with E-state index in [0.717, 1.165) is 23.4 Å². The first-order chi connectivity index (χ1) is 20.2. The summed E-state index contributed by atoms with van der Waals surface area (Å²) in [5, 5.41) is 2.63. The Morgan fingerprint density at radius 2 is 1.67 bits per heavy atom. The number of fused-ring (bicyclic) bond motifs is 1. The third-order valence-electron chi connectivity index (χ3n) is 7.08. The number of anilines is 1. The fraction of sp³-hybridized carbons (Fsp3) is 0.250. The molecule has 42 heavy (non-hydrogen) atoms. The Kier molecular flexibility index (Phi) is 8.51. The number of benzene rings is 3. The van der Waals surface area contributed by atoms with Gasteiger partial charge in [0.15, 0.2) is 0 Å². The maximum absolute atomic E-state index is 13.8. The summed E-state index contributed by atoms with van der Waals surface area (Å²) in [6, 6.07) is 24.2. The van der Waals surface area contributed by atoms with Crippen LogP contribution < -0.4 is 10.1 Å². The van der Waals surface area contributed by atoms with Crippen LogP contribution in [0.1, 0.15) is 36.2 Å². The van der Waals surface area contributed by atoms with Gasteiger partial charge >= 0.3 is 12.2 Å². The topological polar surface area (TPSA) is 66.8 Å². The number of nitrogens with zero attached hydrogens (tertiary/aromatic N) is 3. The van der Waals surface area contributed by atoms with Gasteiger partial charge in [0.1, 0.15) is 18.0 Å². The summed E-state index contributed by atoms with van der Waals surface area (Å²) in [6.45, 7) is 3.05. The van der Waals surface area contributed by atoms with Gasteiger partial charge in [0.25, 0.3) is 0 Å². The second kappa shape index (κ2) is 12.4. The van der Waals surface area contributed by atoms with Gasteiger partial charge in [-0.3, -0.25) is 4.79 Å². The van der Waals surface area contributed by atoms with Gasteiger partial charge in [-0.1, -0.05) is 37.3 Å². The average molecular weight is 577 g/mol. The molecule has 0 fully saturated rings. The van der Waals surface area contributed by atoms with Crippen molar-refractivity contribution in [2.45, 2.75) is 32.1 Å². The normalized spacial score (nSPS) is 14.7. The molecule has 0 unspecified atom stereocenters. The van der Waals surface area contributed by atoms with Crippen LogP contribution in [0.5, 0.6) is 11.5 Å². The minimum Gasteiger partial charge on any atom is -0.457 e. The molecule has 5 rings (SSSR count). The van der Waals surface area contributed by atoms with Gasteiger partial charge in [-0.25, -0.2) is 4.79 Å². The fourth-order valence-electron chi connectivity index (χ4n) is 5.10. The Labute approximate surface area is 242 Å². The van der Waals surface area contributed by atoms with E-state index < -0.39 is 23.8 Å². The van der Waals surface area contributed by atoms with Crippen LogP contribution in [0.3, 0.4) is 0 Å². The van der Waals surface area contributed by atoms with Crippen molar-refractivity contribution in [2.24, 2.45) is 0 Å². The number of amides is 3. The van der Waals surface area contributed by atoms with Gasteiger partial charge in [0.05, 0.1) is 11.6 Å². The molecular formula is C32H31F3N4O3. The number of halogens is 3. The Bertz CT molecular complexity index is 1520. The van der Waals surface area contributed by atoms with Crippen LogP contribution in [0.25, 0.3) is 0 Å². The van der Waals surface area contributed by atoms with Crippen molar-refractivity contribution >= 4 is 17.6 Å². The van der Waals surface area contributed by atoms with Crippen molar-refractivity contribution in [3.05, 3.63) is 114 Å². The molecule has 0 bridgehead atoms.